The molecule has 0 saturated carbocycles. The average Bonchev–Trinajstić information content (AvgIpc) is 3.13. The molecule has 0 radical (unpaired) electrons. The second kappa shape index (κ2) is 7.69. The van der Waals surface area contributed by atoms with Crippen LogP contribution in [0.2, 0.25) is 0 Å². The summed E-state index contributed by atoms with van der Waals surface area (Å²) in [4.78, 5) is 16.3. The van der Waals surface area contributed by atoms with Gasteiger partial charge in [0.15, 0.2) is 5.69 Å². The third kappa shape index (κ3) is 4.01. The van der Waals surface area contributed by atoms with E-state index >= 15 is 0 Å². The molecule has 0 atom stereocenters. The largest absolute Gasteiger partial charge is 0.435 e. The Labute approximate surface area is 165 Å². The Bertz CT molecular complexity index is 1010. The van der Waals surface area contributed by atoms with E-state index < -0.39 is 11.9 Å². The van der Waals surface area contributed by atoms with Crippen molar-refractivity contribution in [1.82, 2.24) is 20.1 Å². The van der Waals surface area contributed by atoms with Gasteiger partial charge in [-0.25, -0.2) is 4.68 Å². The van der Waals surface area contributed by atoms with E-state index in [-0.39, 0.29) is 5.91 Å². The topological polar surface area (TPSA) is 59.8 Å². The lowest BCUT2D eigenvalue weighted by atomic mass is 9.95. The van der Waals surface area contributed by atoms with E-state index in [1.807, 2.05) is 6.07 Å². The first-order valence-corrected chi connectivity index (χ1v) is 9.39. The number of nitrogens with one attached hydrogen (secondary N) is 1. The molecule has 1 amide bonds. The first kappa shape index (κ1) is 19.2. The summed E-state index contributed by atoms with van der Waals surface area (Å²) in [5, 5.41) is 6.67. The molecule has 0 spiro atoms. The van der Waals surface area contributed by atoms with Crippen LogP contribution in [-0.2, 0) is 25.6 Å². The maximum absolute atomic E-state index is 13.4. The van der Waals surface area contributed by atoms with Gasteiger partial charge in [0.25, 0.3) is 5.91 Å². The normalized spacial score (nSPS) is 13.8. The molecule has 5 nitrogen and oxygen atoms in total. The molecule has 4 rings (SSSR count). The number of carbonyl (C=O) groups excluding carboxylic acids is 1. The smallest absolute Gasteiger partial charge is 0.348 e. The number of nitrogens with zero attached hydrogens (tertiary/aromatic N) is 3. The molecule has 8 heteroatoms. The molecule has 0 fully saturated rings. The molecule has 1 N–H and O–H groups in total. The lowest BCUT2D eigenvalue weighted by molar-refractivity contribution is -0.142. The number of hydrogen-bond donors (Lipinski definition) is 1. The molecule has 1 aliphatic rings. The van der Waals surface area contributed by atoms with Crippen LogP contribution >= 0.6 is 0 Å². The van der Waals surface area contributed by atoms with Gasteiger partial charge in [-0.05, 0) is 61.6 Å². The van der Waals surface area contributed by atoms with Crippen molar-refractivity contribution in [3.05, 3.63) is 76.9 Å². The first-order valence-electron chi connectivity index (χ1n) is 9.39. The highest BCUT2D eigenvalue weighted by Crippen LogP contribution is 2.36. The number of halogens is 3. The van der Waals surface area contributed by atoms with Crippen molar-refractivity contribution in [2.75, 3.05) is 0 Å². The van der Waals surface area contributed by atoms with Crippen LogP contribution in [0.15, 0.2) is 48.8 Å². The fraction of sp³-hybridized carbons (Fsp3) is 0.286. The number of amides is 1. The van der Waals surface area contributed by atoms with Crippen LogP contribution in [0.3, 0.4) is 0 Å². The van der Waals surface area contributed by atoms with Crippen LogP contribution in [0.25, 0.3) is 5.69 Å². The summed E-state index contributed by atoms with van der Waals surface area (Å²) < 4.78 is 41.5. The minimum absolute atomic E-state index is 0.265. The Morgan fingerprint density at radius 3 is 2.55 bits per heavy atom. The SMILES string of the molecule is O=C(NCc1cccnc1)c1ccc(-n2nc(C(F)(F)F)c3c2CCCC3)cc1. The standard InChI is InChI=1S/C21H19F3N4O/c22-21(23,24)19-17-5-1-2-6-18(17)28(27-19)16-9-7-15(8-10-16)20(29)26-13-14-4-3-11-25-12-14/h3-4,7-12H,1-2,5-6,13H2,(H,26,29). The summed E-state index contributed by atoms with van der Waals surface area (Å²) in [6.45, 7) is 0.343. The lowest BCUT2D eigenvalue weighted by Gasteiger charge is -2.15. The summed E-state index contributed by atoms with van der Waals surface area (Å²) in [5.41, 5.74) is 1.92. The van der Waals surface area contributed by atoms with E-state index in [9.17, 15) is 18.0 Å². The van der Waals surface area contributed by atoms with E-state index in [0.29, 0.717) is 41.9 Å². The molecule has 29 heavy (non-hydrogen) atoms. The fourth-order valence-corrected chi connectivity index (χ4v) is 3.58. The molecule has 0 bridgehead atoms. The van der Waals surface area contributed by atoms with Gasteiger partial charge in [-0.3, -0.25) is 9.78 Å². The monoisotopic (exact) mass is 400 g/mol. The number of benzene rings is 1. The van der Waals surface area contributed by atoms with Crippen molar-refractivity contribution < 1.29 is 18.0 Å². The molecule has 150 valence electrons. The van der Waals surface area contributed by atoms with E-state index in [1.54, 1.807) is 42.7 Å². The van der Waals surface area contributed by atoms with Crippen LogP contribution < -0.4 is 5.32 Å². The van der Waals surface area contributed by atoms with Crippen molar-refractivity contribution in [3.63, 3.8) is 0 Å². The molecular weight excluding hydrogens is 381 g/mol. The summed E-state index contributed by atoms with van der Waals surface area (Å²) in [7, 11) is 0. The van der Waals surface area contributed by atoms with Crippen molar-refractivity contribution >= 4 is 5.91 Å². The zero-order chi connectivity index (χ0) is 20.4. The van der Waals surface area contributed by atoms with Crippen LogP contribution in [0.1, 0.15) is 45.7 Å². The van der Waals surface area contributed by atoms with Gasteiger partial charge < -0.3 is 5.32 Å². The highest BCUT2D eigenvalue weighted by atomic mass is 19.4. The molecule has 1 aliphatic carbocycles. The quantitative estimate of drug-likeness (QED) is 0.718. The minimum atomic E-state index is -4.47. The van der Waals surface area contributed by atoms with Gasteiger partial charge in [-0.1, -0.05) is 6.07 Å². The number of rotatable bonds is 4. The highest BCUT2D eigenvalue weighted by Gasteiger charge is 2.39. The van der Waals surface area contributed by atoms with Crippen LogP contribution in [-0.4, -0.2) is 20.7 Å². The van der Waals surface area contributed by atoms with Crippen LogP contribution in [0.5, 0.6) is 0 Å². The van der Waals surface area contributed by atoms with Crippen molar-refractivity contribution in [3.8, 4) is 5.69 Å². The van der Waals surface area contributed by atoms with Crippen molar-refractivity contribution in [1.29, 1.82) is 0 Å². The van der Waals surface area contributed by atoms with Crippen LogP contribution in [0.4, 0.5) is 13.2 Å². The molecular formula is C21H19F3N4O. The minimum Gasteiger partial charge on any atom is -0.348 e. The Balaban J connectivity index is 1.55. The zero-order valence-electron chi connectivity index (χ0n) is 15.5. The van der Waals surface area contributed by atoms with Gasteiger partial charge in [0.05, 0.1) is 5.69 Å². The summed E-state index contributed by atoms with van der Waals surface area (Å²) in [6, 6.07) is 10.1. The summed E-state index contributed by atoms with van der Waals surface area (Å²) in [5.74, 6) is -0.265. The molecule has 1 aromatic carbocycles. The fourth-order valence-electron chi connectivity index (χ4n) is 3.58. The second-order valence-electron chi connectivity index (χ2n) is 6.98. The molecule has 0 aliphatic heterocycles. The third-order valence-corrected chi connectivity index (χ3v) is 5.00. The molecule has 0 unspecified atom stereocenters. The van der Waals surface area contributed by atoms with E-state index in [2.05, 4.69) is 15.4 Å². The number of aromatic nitrogens is 3. The first-order chi connectivity index (χ1) is 13.9. The predicted molar refractivity (Wildman–Crippen MR) is 101 cm³/mol. The van der Waals surface area contributed by atoms with Gasteiger partial charge >= 0.3 is 6.18 Å². The number of fused-ring (bicyclic) bond motifs is 1. The Morgan fingerprint density at radius 2 is 1.86 bits per heavy atom. The second-order valence-corrected chi connectivity index (χ2v) is 6.98. The predicted octanol–water partition coefficient (Wildman–Crippen LogP) is 4.09. The molecule has 0 saturated heterocycles. The average molecular weight is 400 g/mol. The Hall–Kier alpha value is -3.16. The zero-order valence-corrected chi connectivity index (χ0v) is 15.5. The van der Waals surface area contributed by atoms with Gasteiger partial charge in [-0.2, -0.15) is 18.3 Å². The lowest BCUT2D eigenvalue weighted by Crippen LogP contribution is -2.22. The van der Waals surface area contributed by atoms with E-state index in [0.717, 1.165) is 18.4 Å². The summed E-state index contributed by atoms with van der Waals surface area (Å²) >= 11 is 0. The van der Waals surface area contributed by atoms with Gasteiger partial charge in [-0.15, -0.1) is 0 Å². The Morgan fingerprint density at radius 1 is 1.10 bits per heavy atom. The highest BCUT2D eigenvalue weighted by molar-refractivity contribution is 5.94. The van der Waals surface area contributed by atoms with Gasteiger partial charge in [0, 0.05) is 35.8 Å². The number of pyridine rings is 1. The van der Waals surface area contributed by atoms with Gasteiger partial charge in [0.1, 0.15) is 0 Å². The van der Waals surface area contributed by atoms with E-state index in [1.165, 1.54) is 4.68 Å². The molecule has 3 aromatic rings. The number of hydrogen-bond acceptors (Lipinski definition) is 3. The third-order valence-electron chi connectivity index (χ3n) is 5.00. The van der Waals surface area contributed by atoms with E-state index in [4.69, 9.17) is 0 Å². The maximum atomic E-state index is 13.4. The number of carbonyl (C=O) groups is 1. The Kier molecular flexibility index (Phi) is 5.08. The van der Waals surface area contributed by atoms with Crippen LogP contribution in [0, 0.1) is 0 Å². The molecule has 2 heterocycles. The number of alkyl halides is 3. The van der Waals surface area contributed by atoms with Crippen molar-refractivity contribution in [2.45, 2.75) is 38.4 Å². The summed E-state index contributed by atoms with van der Waals surface area (Å²) in [6.07, 6.45) is 1.37. The van der Waals surface area contributed by atoms with Crippen molar-refractivity contribution in [2.24, 2.45) is 0 Å². The molecule has 2 aromatic heterocycles. The van der Waals surface area contributed by atoms with Gasteiger partial charge in [0.2, 0.25) is 0 Å². The maximum Gasteiger partial charge on any atom is 0.435 e.